The van der Waals surface area contributed by atoms with E-state index in [1.165, 1.54) is 6.07 Å². The Morgan fingerprint density at radius 2 is 2.00 bits per heavy atom. The predicted molar refractivity (Wildman–Crippen MR) is 77.8 cm³/mol. The van der Waals surface area contributed by atoms with Crippen molar-refractivity contribution in [2.24, 2.45) is 5.73 Å². The topological polar surface area (TPSA) is 43.8 Å². The van der Waals surface area contributed by atoms with Gasteiger partial charge < -0.3 is 10.3 Å². The number of nitrogens with zero attached hydrogens (tertiary/aromatic N) is 2. The van der Waals surface area contributed by atoms with Gasteiger partial charge in [0.2, 0.25) is 0 Å². The fourth-order valence-electron chi connectivity index (χ4n) is 2.43. The molecule has 0 saturated carbocycles. The Kier molecular flexibility index (Phi) is 3.24. The number of imidazole rings is 1. The lowest BCUT2D eigenvalue weighted by atomic mass is 10.2. The fourth-order valence-corrected chi connectivity index (χ4v) is 2.43. The van der Waals surface area contributed by atoms with Crippen LogP contribution in [0.25, 0.3) is 11.0 Å². The van der Waals surface area contributed by atoms with E-state index in [4.69, 9.17) is 5.73 Å². The zero-order valence-electron chi connectivity index (χ0n) is 11.3. The van der Waals surface area contributed by atoms with E-state index in [1.54, 1.807) is 12.1 Å². The first kappa shape index (κ1) is 12.8. The molecule has 0 aliphatic rings. The van der Waals surface area contributed by atoms with Gasteiger partial charge in [-0.1, -0.05) is 24.3 Å². The molecule has 0 radical (unpaired) electrons. The first-order chi connectivity index (χ1) is 9.65. The highest BCUT2D eigenvalue weighted by Gasteiger charge is 2.13. The number of para-hydroxylation sites is 2. The molecule has 102 valence electrons. The molecule has 0 bridgehead atoms. The lowest BCUT2D eigenvalue weighted by Gasteiger charge is -2.11. The summed E-state index contributed by atoms with van der Waals surface area (Å²) < 4.78 is 15.4. The maximum atomic E-state index is 13.3. The number of hydrogen-bond acceptors (Lipinski definition) is 2. The number of fused-ring (bicyclic) bond motifs is 1. The van der Waals surface area contributed by atoms with Gasteiger partial charge in [0.1, 0.15) is 11.6 Å². The minimum Gasteiger partial charge on any atom is -0.322 e. The zero-order chi connectivity index (χ0) is 14.1. The van der Waals surface area contributed by atoms with Crippen molar-refractivity contribution in [2.45, 2.75) is 19.5 Å². The Hall–Kier alpha value is -2.20. The van der Waals surface area contributed by atoms with Crippen molar-refractivity contribution in [1.29, 1.82) is 0 Å². The molecule has 0 amide bonds. The first-order valence-electron chi connectivity index (χ1n) is 6.60. The quantitative estimate of drug-likeness (QED) is 0.793. The third kappa shape index (κ3) is 2.30. The number of benzene rings is 2. The van der Waals surface area contributed by atoms with E-state index < -0.39 is 0 Å². The minimum atomic E-state index is -0.228. The monoisotopic (exact) mass is 269 g/mol. The van der Waals surface area contributed by atoms with Crippen molar-refractivity contribution in [1.82, 2.24) is 9.55 Å². The lowest BCUT2D eigenvalue weighted by molar-refractivity contribution is 0.620. The lowest BCUT2D eigenvalue weighted by Crippen LogP contribution is -2.14. The molecule has 1 aromatic heterocycles. The van der Waals surface area contributed by atoms with Crippen LogP contribution in [0.2, 0.25) is 0 Å². The molecule has 0 unspecified atom stereocenters. The highest BCUT2D eigenvalue weighted by atomic mass is 19.1. The van der Waals surface area contributed by atoms with E-state index >= 15 is 0 Å². The third-order valence-corrected chi connectivity index (χ3v) is 3.32. The van der Waals surface area contributed by atoms with Crippen molar-refractivity contribution < 1.29 is 4.39 Å². The normalized spacial score (nSPS) is 12.8. The average molecular weight is 269 g/mol. The Balaban J connectivity index is 2.11. The highest BCUT2D eigenvalue weighted by molar-refractivity contribution is 5.76. The van der Waals surface area contributed by atoms with Crippen molar-refractivity contribution in [3.05, 3.63) is 65.7 Å². The Morgan fingerprint density at radius 3 is 2.75 bits per heavy atom. The van der Waals surface area contributed by atoms with Crippen molar-refractivity contribution in [2.75, 3.05) is 0 Å². The van der Waals surface area contributed by atoms with E-state index in [0.717, 1.165) is 22.4 Å². The smallest absolute Gasteiger partial charge is 0.126 e. The van der Waals surface area contributed by atoms with Crippen LogP contribution in [0.4, 0.5) is 4.39 Å². The molecule has 4 heteroatoms. The SMILES string of the molecule is C[C@H](N)c1nc2ccccc2n1Cc1cccc(F)c1. The second kappa shape index (κ2) is 5.06. The molecule has 2 N–H and O–H groups in total. The molecule has 0 fully saturated rings. The summed E-state index contributed by atoms with van der Waals surface area (Å²) >= 11 is 0. The van der Waals surface area contributed by atoms with E-state index in [-0.39, 0.29) is 11.9 Å². The molecular formula is C16H16FN3. The van der Waals surface area contributed by atoms with Crippen LogP contribution in [-0.4, -0.2) is 9.55 Å². The fraction of sp³-hybridized carbons (Fsp3) is 0.188. The third-order valence-electron chi connectivity index (χ3n) is 3.32. The molecule has 1 heterocycles. The summed E-state index contributed by atoms with van der Waals surface area (Å²) in [6.45, 7) is 2.47. The van der Waals surface area contributed by atoms with Gasteiger partial charge in [-0.3, -0.25) is 0 Å². The predicted octanol–water partition coefficient (Wildman–Crippen LogP) is 3.24. The molecule has 0 aliphatic heterocycles. The van der Waals surface area contributed by atoms with Gasteiger partial charge in [0.05, 0.1) is 17.1 Å². The van der Waals surface area contributed by atoms with E-state index in [9.17, 15) is 4.39 Å². The molecular weight excluding hydrogens is 253 g/mol. The number of rotatable bonds is 3. The van der Waals surface area contributed by atoms with E-state index in [0.29, 0.717) is 6.54 Å². The van der Waals surface area contributed by atoms with Crippen molar-refractivity contribution in [3.63, 3.8) is 0 Å². The second-order valence-corrected chi connectivity index (χ2v) is 4.96. The Bertz CT molecular complexity index is 746. The van der Waals surface area contributed by atoms with Crippen LogP contribution in [0.15, 0.2) is 48.5 Å². The van der Waals surface area contributed by atoms with Crippen LogP contribution in [0.3, 0.4) is 0 Å². The molecule has 3 aromatic rings. The molecule has 0 saturated heterocycles. The summed E-state index contributed by atoms with van der Waals surface area (Å²) in [4.78, 5) is 4.57. The van der Waals surface area contributed by atoms with Gasteiger partial charge in [-0.05, 0) is 36.8 Å². The summed E-state index contributed by atoms with van der Waals surface area (Å²) in [5.41, 5.74) is 8.83. The van der Waals surface area contributed by atoms with Crippen molar-refractivity contribution in [3.8, 4) is 0 Å². The van der Waals surface area contributed by atoms with Crippen LogP contribution < -0.4 is 5.73 Å². The van der Waals surface area contributed by atoms with Gasteiger partial charge in [0.25, 0.3) is 0 Å². The van der Waals surface area contributed by atoms with Gasteiger partial charge >= 0.3 is 0 Å². The van der Waals surface area contributed by atoms with Crippen LogP contribution in [0.1, 0.15) is 24.4 Å². The highest BCUT2D eigenvalue weighted by Crippen LogP contribution is 2.21. The number of aromatic nitrogens is 2. The van der Waals surface area contributed by atoms with Crippen LogP contribution in [0, 0.1) is 5.82 Å². The Morgan fingerprint density at radius 1 is 1.20 bits per heavy atom. The van der Waals surface area contributed by atoms with Gasteiger partial charge in [-0.2, -0.15) is 0 Å². The summed E-state index contributed by atoms with van der Waals surface area (Å²) in [5, 5.41) is 0. The molecule has 3 nitrogen and oxygen atoms in total. The summed E-state index contributed by atoms with van der Waals surface area (Å²) in [7, 11) is 0. The number of hydrogen-bond donors (Lipinski definition) is 1. The Labute approximate surface area is 116 Å². The molecule has 0 spiro atoms. The molecule has 3 rings (SSSR count). The van der Waals surface area contributed by atoms with Gasteiger partial charge in [0.15, 0.2) is 0 Å². The number of nitrogens with two attached hydrogens (primary N) is 1. The minimum absolute atomic E-state index is 0.170. The maximum absolute atomic E-state index is 13.3. The standard InChI is InChI=1S/C16H16FN3/c1-11(18)16-19-14-7-2-3-8-15(14)20(16)10-12-5-4-6-13(17)9-12/h2-9,11H,10,18H2,1H3/t11-/m0/s1. The summed E-state index contributed by atoms with van der Waals surface area (Å²) in [6.07, 6.45) is 0. The summed E-state index contributed by atoms with van der Waals surface area (Å²) in [5.74, 6) is 0.588. The first-order valence-corrected chi connectivity index (χ1v) is 6.60. The van der Waals surface area contributed by atoms with E-state index in [2.05, 4.69) is 9.55 Å². The average Bonchev–Trinajstić information content (AvgIpc) is 2.78. The second-order valence-electron chi connectivity index (χ2n) is 4.96. The van der Waals surface area contributed by atoms with Gasteiger partial charge in [-0.15, -0.1) is 0 Å². The molecule has 1 atom stereocenters. The zero-order valence-corrected chi connectivity index (χ0v) is 11.3. The van der Waals surface area contributed by atoms with Crippen LogP contribution >= 0.6 is 0 Å². The van der Waals surface area contributed by atoms with E-state index in [1.807, 2.05) is 37.3 Å². The van der Waals surface area contributed by atoms with Gasteiger partial charge in [0, 0.05) is 6.54 Å². The van der Waals surface area contributed by atoms with Gasteiger partial charge in [-0.25, -0.2) is 9.37 Å². The number of halogens is 1. The molecule has 20 heavy (non-hydrogen) atoms. The van der Waals surface area contributed by atoms with Crippen LogP contribution in [0.5, 0.6) is 0 Å². The van der Waals surface area contributed by atoms with Crippen LogP contribution in [-0.2, 0) is 6.54 Å². The summed E-state index contributed by atoms with van der Waals surface area (Å²) in [6, 6.07) is 14.3. The molecule has 2 aromatic carbocycles. The van der Waals surface area contributed by atoms with Crippen molar-refractivity contribution >= 4 is 11.0 Å². The molecule has 0 aliphatic carbocycles. The maximum Gasteiger partial charge on any atom is 0.126 e. The largest absolute Gasteiger partial charge is 0.322 e.